The molecule has 4 rings (SSSR count). The lowest BCUT2D eigenvalue weighted by molar-refractivity contribution is -0.138. The second-order valence-electron chi connectivity index (χ2n) is 6.89. The van der Waals surface area contributed by atoms with Gasteiger partial charge >= 0.3 is 5.97 Å². The summed E-state index contributed by atoms with van der Waals surface area (Å²) in [6.45, 7) is 1.67. The molecule has 0 bridgehead atoms. The molecule has 0 fully saturated rings. The molecule has 1 atom stereocenters. The molecule has 31 heavy (non-hydrogen) atoms. The Balaban J connectivity index is 1.79. The van der Waals surface area contributed by atoms with Crippen molar-refractivity contribution in [1.29, 1.82) is 0 Å². The Labute approximate surface area is 174 Å². The van der Waals surface area contributed by atoms with E-state index in [4.69, 9.17) is 0 Å². The van der Waals surface area contributed by atoms with Gasteiger partial charge in [0.05, 0.1) is 17.8 Å². The fourth-order valence-electron chi connectivity index (χ4n) is 3.37. The molecule has 4 aromatic rings. The predicted octanol–water partition coefficient (Wildman–Crippen LogP) is 3.50. The molecule has 0 amide bonds. The summed E-state index contributed by atoms with van der Waals surface area (Å²) >= 11 is 0. The number of aliphatic carboxylic acids is 1. The third kappa shape index (κ3) is 3.79. The highest BCUT2D eigenvalue weighted by Crippen LogP contribution is 2.30. The Bertz CT molecular complexity index is 1290. The highest BCUT2D eigenvalue weighted by molar-refractivity contribution is 5.89. The van der Waals surface area contributed by atoms with Gasteiger partial charge in [0.1, 0.15) is 17.3 Å². The van der Waals surface area contributed by atoms with E-state index in [2.05, 4.69) is 20.1 Å². The van der Waals surface area contributed by atoms with Crippen LogP contribution in [0, 0.1) is 11.6 Å². The zero-order valence-electron chi connectivity index (χ0n) is 16.3. The largest absolute Gasteiger partial charge is 0.493 e. The number of fused-ring (bicyclic) bond motifs is 1. The van der Waals surface area contributed by atoms with Crippen molar-refractivity contribution in [3.05, 3.63) is 65.5 Å². The number of nitrogens with zero attached hydrogens (tertiary/aromatic N) is 5. The summed E-state index contributed by atoms with van der Waals surface area (Å²) in [7, 11) is 0. The number of aromatic nitrogens is 5. The number of pyridine rings is 1. The van der Waals surface area contributed by atoms with Crippen molar-refractivity contribution in [2.24, 2.45) is 0 Å². The van der Waals surface area contributed by atoms with Gasteiger partial charge in [0.2, 0.25) is 5.88 Å². The van der Waals surface area contributed by atoms with E-state index in [9.17, 15) is 23.8 Å². The first kappa shape index (κ1) is 20.3. The van der Waals surface area contributed by atoms with E-state index in [1.165, 1.54) is 16.9 Å². The van der Waals surface area contributed by atoms with Gasteiger partial charge in [-0.25, -0.2) is 23.4 Å². The summed E-state index contributed by atoms with van der Waals surface area (Å²) in [6.07, 6.45) is 3.07. The van der Waals surface area contributed by atoms with Gasteiger partial charge in [0, 0.05) is 29.6 Å². The summed E-state index contributed by atoms with van der Waals surface area (Å²) < 4.78 is 28.8. The van der Waals surface area contributed by atoms with E-state index in [1.54, 1.807) is 25.3 Å². The van der Waals surface area contributed by atoms with Crippen LogP contribution in [0.15, 0.2) is 42.7 Å². The van der Waals surface area contributed by atoms with Gasteiger partial charge in [-0.1, -0.05) is 13.0 Å². The van der Waals surface area contributed by atoms with Crippen LogP contribution in [0.5, 0.6) is 5.88 Å². The Morgan fingerprint density at radius 2 is 2.03 bits per heavy atom. The summed E-state index contributed by atoms with van der Waals surface area (Å²) in [5, 5.41) is 24.6. The Morgan fingerprint density at radius 3 is 2.71 bits per heavy atom. The fraction of sp³-hybridized carbons (Fsp3) is 0.190. The number of carboxylic acids is 1. The number of halogens is 2. The van der Waals surface area contributed by atoms with Crippen LogP contribution < -0.4 is 0 Å². The smallest absolute Gasteiger partial charge is 0.311 e. The highest BCUT2D eigenvalue weighted by atomic mass is 19.1. The Kier molecular flexibility index (Phi) is 5.28. The average molecular weight is 425 g/mol. The van der Waals surface area contributed by atoms with Crippen molar-refractivity contribution in [2.75, 3.05) is 0 Å². The number of carbonyl (C=O) groups is 1. The van der Waals surface area contributed by atoms with Crippen LogP contribution in [0.25, 0.3) is 22.6 Å². The first-order valence-corrected chi connectivity index (χ1v) is 9.43. The summed E-state index contributed by atoms with van der Waals surface area (Å²) in [4.78, 5) is 23.9. The summed E-state index contributed by atoms with van der Waals surface area (Å²) in [5.41, 5.74) is 1.03. The van der Waals surface area contributed by atoms with Crippen molar-refractivity contribution < 1.29 is 23.8 Å². The maximum atomic E-state index is 14.1. The average Bonchev–Trinajstić information content (AvgIpc) is 3.10. The molecule has 158 valence electrons. The van der Waals surface area contributed by atoms with Crippen LogP contribution in [-0.4, -0.2) is 40.9 Å². The zero-order chi connectivity index (χ0) is 22.1. The van der Waals surface area contributed by atoms with Crippen LogP contribution in [0.2, 0.25) is 0 Å². The number of carboxylic acid groups (broad SMARTS) is 1. The number of benzene rings is 1. The maximum absolute atomic E-state index is 14.1. The zero-order valence-corrected chi connectivity index (χ0v) is 16.3. The Morgan fingerprint density at radius 1 is 1.23 bits per heavy atom. The minimum atomic E-state index is -1.09. The van der Waals surface area contributed by atoms with E-state index in [-0.39, 0.29) is 35.6 Å². The molecule has 0 aliphatic rings. The first-order valence-electron chi connectivity index (χ1n) is 9.43. The fourth-order valence-corrected chi connectivity index (χ4v) is 3.37. The molecule has 0 spiro atoms. The SMILES string of the molecule is CCC(C(=O)O)c1cnc(-c2nn(Cc3ccc(F)cc3F)c3ncccc23)nc1O. The molecule has 2 N–H and O–H groups in total. The molecular formula is C21H17F2N5O3. The second kappa shape index (κ2) is 8.05. The molecule has 0 saturated heterocycles. The van der Waals surface area contributed by atoms with Crippen molar-refractivity contribution >= 4 is 17.0 Å². The monoisotopic (exact) mass is 425 g/mol. The number of rotatable bonds is 6. The van der Waals surface area contributed by atoms with E-state index in [0.29, 0.717) is 11.0 Å². The molecule has 3 aromatic heterocycles. The lowest BCUT2D eigenvalue weighted by Crippen LogP contribution is -2.12. The van der Waals surface area contributed by atoms with Crippen LogP contribution >= 0.6 is 0 Å². The third-order valence-corrected chi connectivity index (χ3v) is 4.93. The summed E-state index contributed by atoms with van der Waals surface area (Å²) in [6, 6.07) is 6.69. The van der Waals surface area contributed by atoms with E-state index in [1.807, 2.05) is 0 Å². The lowest BCUT2D eigenvalue weighted by Gasteiger charge is -2.11. The molecule has 0 radical (unpaired) electrons. The van der Waals surface area contributed by atoms with Crippen LogP contribution in [-0.2, 0) is 11.3 Å². The predicted molar refractivity (Wildman–Crippen MR) is 106 cm³/mol. The van der Waals surface area contributed by atoms with Crippen molar-refractivity contribution in [1.82, 2.24) is 24.7 Å². The third-order valence-electron chi connectivity index (χ3n) is 4.93. The Hall–Kier alpha value is -3.95. The molecule has 8 nitrogen and oxygen atoms in total. The van der Waals surface area contributed by atoms with Crippen molar-refractivity contribution in [3.63, 3.8) is 0 Å². The van der Waals surface area contributed by atoms with Gasteiger partial charge in [-0.3, -0.25) is 4.79 Å². The number of hydrogen-bond acceptors (Lipinski definition) is 6. The van der Waals surface area contributed by atoms with Gasteiger partial charge in [-0.2, -0.15) is 10.1 Å². The molecular weight excluding hydrogens is 408 g/mol. The molecule has 3 heterocycles. The van der Waals surface area contributed by atoms with Crippen molar-refractivity contribution in [2.45, 2.75) is 25.8 Å². The molecule has 0 aliphatic heterocycles. The van der Waals surface area contributed by atoms with Gasteiger partial charge in [0.25, 0.3) is 0 Å². The van der Waals surface area contributed by atoms with Crippen molar-refractivity contribution in [3.8, 4) is 17.4 Å². The maximum Gasteiger partial charge on any atom is 0.311 e. The molecule has 10 heteroatoms. The minimum absolute atomic E-state index is 0.0133. The number of aromatic hydroxyl groups is 1. The topological polar surface area (TPSA) is 114 Å². The van der Waals surface area contributed by atoms with Crippen LogP contribution in [0.1, 0.15) is 30.4 Å². The normalized spacial score (nSPS) is 12.2. The quantitative estimate of drug-likeness (QED) is 0.486. The highest BCUT2D eigenvalue weighted by Gasteiger charge is 2.24. The second-order valence-corrected chi connectivity index (χ2v) is 6.89. The molecule has 0 saturated carbocycles. The van der Waals surface area contributed by atoms with E-state index >= 15 is 0 Å². The van der Waals surface area contributed by atoms with Crippen LogP contribution in [0.4, 0.5) is 8.78 Å². The molecule has 0 aliphatic carbocycles. The van der Waals surface area contributed by atoms with E-state index in [0.717, 1.165) is 12.1 Å². The van der Waals surface area contributed by atoms with E-state index < -0.39 is 29.4 Å². The molecule has 1 aromatic carbocycles. The first-order chi connectivity index (χ1) is 14.9. The van der Waals surface area contributed by atoms with Crippen LogP contribution in [0.3, 0.4) is 0 Å². The lowest BCUT2D eigenvalue weighted by atomic mass is 9.99. The van der Waals surface area contributed by atoms with Gasteiger partial charge in [-0.05, 0) is 24.6 Å². The van der Waals surface area contributed by atoms with Gasteiger partial charge in [0.15, 0.2) is 11.5 Å². The minimum Gasteiger partial charge on any atom is -0.493 e. The standard InChI is InChI=1S/C21H17F2N5O3/c1-2-13(21(30)31)15-9-25-18(26-20(15)29)17-14-4-3-7-24-19(14)28(27-17)10-11-5-6-12(22)8-16(11)23/h3-9,13H,2,10H2,1H3,(H,30,31)(H,25,26,29). The number of hydrogen-bond donors (Lipinski definition) is 2. The van der Waals surface area contributed by atoms with Gasteiger partial charge < -0.3 is 10.2 Å². The summed E-state index contributed by atoms with van der Waals surface area (Å²) in [5.74, 6) is -3.80. The molecule has 1 unspecified atom stereocenters. The van der Waals surface area contributed by atoms with Gasteiger partial charge in [-0.15, -0.1) is 0 Å².